The molecule has 1 heterocycles. The molecule has 0 saturated carbocycles. The molecule has 0 bridgehead atoms. The number of aromatic nitrogens is 1. The van der Waals surface area contributed by atoms with Gasteiger partial charge in [0.25, 0.3) is 11.8 Å². The molecule has 0 fully saturated rings. The number of halogens is 1. The van der Waals surface area contributed by atoms with Gasteiger partial charge in [-0.05, 0) is 12.1 Å². The molecule has 17 heavy (non-hydrogen) atoms. The molecule has 0 aliphatic rings. The average Bonchev–Trinajstić information content (AvgIpc) is 2.26. The van der Waals surface area contributed by atoms with Gasteiger partial charge in [-0.1, -0.05) is 0 Å². The summed E-state index contributed by atoms with van der Waals surface area (Å²) < 4.78 is 0. The number of hydrogen-bond donors (Lipinski definition) is 0. The number of carbonyl (C=O) groups is 2. The minimum Gasteiger partial charge on any atom is -0.345 e. The van der Waals surface area contributed by atoms with E-state index in [2.05, 4.69) is 4.98 Å². The molecule has 0 unspecified atom stereocenters. The van der Waals surface area contributed by atoms with Crippen LogP contribution in [0.1, 0.15) is 20.8 Å². The van der Waals surface area contributed by atoms with Crippen molar-refractivity contribution < 1.29 is 9.59 Å². The molecule has 1 aromatic rings. The highest BCUT2D eigenvalue weighted by molar-refractivity contribution is 6.05. The topological polar surface area (TPSA) is 53.5 Å². The predicted octanol–water partition coefficient (Wildman–Crippen LogP) is 0.907. The molecule has 0 saturated heterocycles. The second-order valence-corrected chi connectivity index (χ2v) is 3.80. The average molecular weight is 258 g/mol. The fraction of sp³-hybridized carbons (Fsp3) is 0.364. The normalized spacial score (nSPS) is 9.18. The quantitative estimate of drug-likeness (QED) is 0.791. The van der Waals surface area contributed by atoms with Gasteiger partial charge in [0.15, 0.2) is 0 Å². The summed E-state index contributed by atoms with van der Waals surface area (Å²) in [6.45, 7) is 0. The Morgan fingerprint density at radius 1 is 1.06 bits per heavy atom. The fourth-order valence-corrected chi connectivity index (χ4v) is 1.20. The van der Waals surface area contributed by atoms with Gasteiger partial charge < -0.3 is 9.80 Å². The summed E-state index contributed by atoms with van der Waals surface area (Å²) in [5.41, 5.74) is 0.511. The molecule has 0 N–H and O–H groups in total. The van der Waals surface area contributed by atoms with Crippen LogP contribution in [0.2, 0.25) is 0 Å². The molecular formula is C11H16ClN3O2. The number of amides is 2. The monoisotopic (exact) mass is 257 g/mol. The number of carbonyl (C=O) groups excluding carboxylic acids is 2. The number of rotatable bonds is 2. The van der Waals surface area contributed by atoms with Crippen molar-refractivity contribution in [1.82, 2.24) is 14.8 Å². The van der Waals surface area contributed by atoms with Crippen LogP contribution >= 0.6 is 12.4 Å². The summed E-state index contributed by atoms with van der Waals surface area (Å²) in [6.07, 6.45) is 1.50. The van der Waals surface area contributed by atoms with Gasteiger partial charge in [0.2, 0.25) is 0 Å². The van der Waals surface area contributed by atoms with Gasteiger partial charge >= 0.3 is 0 Å². The van der Waals surface area contributed by atoms with Gasteiger partial charge in [-0.15, -0.1) is 12.4 Å². The van der Waals surface area contributed by atoms with Crippen LogP contribution in [0, 0.1) is 0 Å². The van der Waals surface area contributed by atoms with E-state index in [-0.39, 0.29) is 29.9 Å². The molecule has 0 aliphatic carbocycles. The van der Waals surface area contributed by atoms with Crippen LogP contribution in [0.25, 0.3) is 0 Å². The Labute approximate surface area is 107 Å². The van der Waals surface area contributed by atoms with Crippen LogP contribution in [0.3, 0.4) is 0 Å². The molecule has 1 rings (SSSR count). The summed E-state index contributed by atoms with van der Waals surface area (Å²) >= 11 is 0. The molecule has 1 aromatic heterocycles. The predicted molar refractivity (Wildman–Crippen MR) is 67.5 cm³/mol. The highest BCUT2D eigenvalue weighted by Crippen LogP contribution is 2.09. The molecule has 0 atom stereocenters. The third-order valence-electron chi connectivity index (χ3n) is 2.05. The van der Waals surface area contributed by atoms with Crippen molar-refractivity contribution in [3.05, 3.63) is 29.6 Å². The lowest BCUT2D eigenvalue weighted by atomic mass is 10.1. The second-order valence-electron chi connectivity index (χ2n) is 3.80. The van der Waals surface area contributed by atoms with Crippen molar-refractivity contribution in [3.8, 4) is 0 Å². The van der Waals surface area contributed by atoms with Crippen LogP contribution in [-0.2, 0) is 0 Å². The minimum atomic E-state index is -0.272. The van der Waals surface area contributed by atoms with Gasteiger partial charge in [0.05, 0.1) is 5.56 Å². The molecule has 94 valence electrons. The first-order valence-corrected chi connectivity index (χ1v) is 4.83. The molecule has 2 amide bonds. The van der Waals surface area contributed by atoms with Crippen molar-refractivity contribution in [2.24, 2.45) is 0 Å². The summed E-state index contributed by atoms with van der Waals surface area (Å²) in [5, 5.41) is 0. The van der Waals surface area contributed by atoms with E-state index in [1.807, 2.05) is 0 Å². The zero-order valence-electron chi connectivity index (χ0n) is 10.3. The zero-order chi connectivity index (χ0) is 12.3. The van der Waals surface area contributed by atoms with Crippen molar-refractivity contribution in [3.63, 3.8) is 0 Å². The Morgan fingerprint density at radius 3 is 2.06 bits per heavy atom. The zero-order valence-corrected chi connectivity index (χ0v) is 11.1. The summed E-state index contributed by atoms with van der Waals surface area (Å²) in [4.78, 5) is 30.4. The first-order valence-electron chi connectivity index (χ1n) is 4.83. The van der Waals surface area contributed by atoms with Gasteiger partial charge in [0.1, 0.15) is 5.69 Å². The van der Waals surface area contributed by atoms with Gasteiger partial charge in [-0.3, -0.25) is 14.6 Å². The summed E-state index contributed by atoms with van der Waals surface area (Å²) in [5.74, 6) is -0.496. The number of hydrogen-bond acceptors (Lipinski definition) is 3. The van der Waals surface area contributed by atoms with Crippen LogP contribution in [0.5, 0.6) is 0 Å². The van der Waals surface area contributed by atoms with Crippen molar-refractivity contribution >= 4 is 24.2 Å². The van der Waals surface area contributed by atoms with E-state index >= 15 is 0 Å². The Morgan fingerprint density at radius 2 is 1.59 bits per heavy atom. The summed E-state index contributed by atoms with van der Waals surface area (Å²) in [7, 11) is 6.53. The molecule has 0 aliphatic heterocycles. The highest BCUT2D eigenvalue weighted by atomic mass is 35.5. The standard InChI is InChI=1S/C11H15N3O2.ClH/c1-13(2)10(15)8-6-5-7-12-9(8)11(16)14(3)4;/h5-7H,1-4H3;1H. The van der Waals surface area contributed by atoms with E-state index in [0.29, 0.717) is 5.56 Å². The Bertz CT molecular complexity index is 380. The Hall–Kier alpha value is -1.62. The summed E-state index contributed by atoms with van der Waals surface area (Å²) in [6, 6.07) is 3.25. The maximum absolute atomic E-state index is 11.8. The van der Waals surface area contributed by atoms with E-state index < -0.39 is 0 Å². The van der Waals surface area contributed by atoms with E-state index in [1.54, 1.807) is 40.3 Å². The molecule has 0 spiro atoms. The first-order chi connectivity index (χ1) is 7.45. The molecule has 6 heteroatoms. The third-order valence-corrected chi connectivity index (χ3v) is 2.05. The van der Waals surface area contributed by atoms with Gasteiger partial charge in [-0.25, -0.2) is 0 Å². The third kappa shape index (κ3) is 3.42. The van der Waals surface area contributed by atoms with Crippen LogP contribution in [0.4, 0.5) is 0 Å². The fourth-order valence-electron chi connectivity index (χ4n) is 1.20. The van der Waals surface area contributed by atoms with E-state index in [4.69, 9.17) is 0 Å². The second kappa shape index (κ2) is 6.20. The van der Waals surface area contributed by atoms with Gasteiger partial charge in [0, 0.05) is 34.4 Å². The molecular weight excluding hydrogens is 242 g/mol. The van der Waals surface area contributed by atoms with E-state index in [1.165, 1.54) is 16.0 Å². The Kier molecular flexibility index (Phi) is 5.61. The highest BCUT2D eigenvalue weighted by Gasteiger charge is 2.20. The van der Waals surface area contributed by atoms with E-state index in [9.17, 15) is 9.59 Å². The van der Waals surface area contributed by atoms with Gasteiger partial charge in [-0.2, -0.15) is 0 Å². The number of pyridine rings is 1. The maximum Gasteiger partial charge on any atom is 0.272 e. The Balaban J connectivity index is 0.00000256. The molecule has 0 aromatic carbocycles. The maximum atomic E-state index is 11.8. The lowest BCUT2D eigenvalue weighted by Crippen LogP contribution is -2.29. The van der Waals surface area contributed by atoms with Crippen LogP contribution < -0.4 is 0 Å². The van der Waals surface area contributed by atoms with E-state index in [0.717, 1.165) is 0 Å². The number of nitrogens with zero attached hydrogens (tertiary/aromatic N) is 3. The van der Waals surface area contributed by atoms with Crippen molar-refractivity contribution in [2.75, 3.05) is 28.2 Å². The smallest absolute Gasteiger partial charge is 0.272 e. The molecule has 5 nitrogen and oxygen atoms in total. The van der Waals surface area contributed by atoms with Crippen molar-refractivity contribution in [2.45, 2.75) is 0 Å². The lowest BCUT2D eigenvalue weighted by Gasteiger charge is -2.15. The lowest BCUT2D eigenvalue weighted by molar-refractivity contribution is 0.0785. The van der Waals surface area contributed by atoms with Crippen molar-refractivity contribution in [1.29, 1.82) is 0 Å². The van der Waals surface area contributed by atoms with Crippen LogP contribution in [-0.4, -0.2) is 54.8 Å². The van der Waals surface area contributed by atoms with Crippen LogP contribution in [0.15, 0.2) is 18.3 Å². The SMILES string of the molecule is CN(C)C(=O)c1cccnc1C(=O)N(C)C.Cl. The molecule has 0 radical (unpaired) electrons. The largest absolute Gasteiger partial charge is 0.345 e. The minimum absolute atomic E-state index is 0. The first kappa shape index (κ1) is 15.4.